The van der Waals surface area contributed by atoms with Crippen molar-refractivity contribution in [2.24, 2.45) is 0 Å². The van der Waals surface area contributed by atoms with E-state index in [1.807, 2.05) is 31.2 Å². The lowest BCUT2D eigenvalue weighted by atomic mass is 9.96. The predicted molar refractivity (Wildman–Crippen MR) is 115 cm³/mol. The highest BCUT2D eigenvalue weighted by molar-refractivity contribution is 5.73. The highest BCUT2D eigenvalue weighted by Crippen LogP contribution is 2.29. The summed E-state index contributed by atoms with van der Waals surface area (Å²) in [5.41, 5.74) is 2.29. The number of anilines is 1. The summed E-state index contributed by atoms with van der Waals surface area (Å²) >= 11 is 0. The minimum atomic E-state index is -0.0218. The van der Waals surface area contributed by atoms with Gasteiger partial charge in [0.2, 0.25) is 5.91 Å². The van der Waals surface area contributed by atoms with Gasteiger partial charge >= 0.3 is 0 Å². The van der Waals surface area contributed by atoms with Crippen LogP contribution in [0.1, 0.15) is 51.1 Å². The van der Waals surface area contributed by atoms with Gasteiger partial charge in [-0.1, -0.05) is 12.1 Å². The molecular formula is C24H30N2O3. The van der Waals surface area contributed by atoms with Crippen LogP contribution in [0.15, 0.2) is 48.5 Å². The first-order chi connectivity index (χ1) is 14.1. The summed E-state index contributed by atoms with van der Waals surface area (Å²) in [5, 5.41) is 2.90. The molecule has 2 aromatic rings. The maximum atomic E-state index is 11.2. The topological polar surface area (TPSA) is 50.8 Å². The van der Waals surface area contributed by atoms with Crippen LogP contribution < -0.4 is 19.7 Å². The zero-order valence-corrected chi connectivity index (χ0v) is 17.3. The van der Waals surface area contributed by atoms with E-state index in [1.165, 1.54) is 31.9 Å². The van der Waals surface area contributed by atoms with Crippen molar-refractivity contribution in [1.29, 1.82) is 0 Å². The predicted octanol–water partition coefficient (Wildman–Crippen LogP) is 4.47. The highest BCUT2D eigenvalue weighted by atomic mass is 16.5. The standard InChI is InChI=1S/C24H30N2O3/c1-17(25-18(2)27)19-6-10-22(11-7-19)29-24-14-15-26(16-24)20-8-12-23(13-9-20)28-21-4-3-5-21/h6-13,17,21,24H,3-5,14-16H2,1-2H3,(H,25,27). The van der Waals surface area contributed by atoms with Crippen LogP contribution in [0.2, 0.25) is 0 Å². The second-order valence-corrected chi connectivity index (χ2v) is 8.13. The Kier molecular flexibility index (Phi) is 5.93. The van der Waals surface area contributed by atoms with E-state index in [4.69, 9.17) is 9.47 Å². The van der Waals surface area contributed by atoms with Gasteiger partial charge in [-0.05, 0) is 68.1 Å². The van der Waals surface area contributed by atoms with E-state index in [2.05, 4.69) is 34.5 Å². The van der Waals surface area contributed by atoms with Gasteiger partial charge in [0, 0.05) is 25.6 Å². The molecule has 4 rings (SSSR count). The molecule has 5 nitrogen and oxygen atoms in total. The maximum absolute atomic E-state index is 11.2. The third-order valence-electron chi connectivity index (χ3n) is 5.80. The highest BCUT2D eigenvalue weighted by Gasteiger charge is 2.25. The molecule has 2 atom stereocenters. The smallest absolute Gasteiger partial charge is 0.217 e. The second kappa shape index (κ2) is 8.76. The molecule has 5 heteroatoms. The first-order valence-electron chi connectivity index (χ1n) is 10.6. The number of benzene rings is 2. The lowest BCUT2D eigenvalue weighted by molar-refractivity contribution is -0.119. The van der Waals surface area contributed by atoms with Crippen LogP contribution in [-0.2, 0) is 4.79 Å². The van der Waals surface area contributed by atoms with Crippen molar-refractivity contribution < 1.29 is 14.3 Å². The molecule has 2 unspecified atom stereocenters. The number of rotatable bonds is 7. The lowest BCUT2D eigenvalue weighted by Crippen LogP contribution is -2.25. The van der Waals surface area contributed by atoms with Gasteiger partial charge in [-0.2, -0.15) is 0 Å². The fourth-order valence-electron chi connectivity index (χ4n) is 3.89. The largest absolute Gasteiger partial charge is 0.490 e. The van der Waals surface area contributed by atoms with Crippen LogP contribution >= 0.6 is 0 Å². The van der Waals surface area contributed by atoms with Crippen molar-refractivity contribution in [2.45, 2.75) is 57.8 Å². The Balaban J connectivity index is 1.29. The fourth-order valence-corrected chi connectivity index (χ4v) is 3.89. The number of amides is 1. The molecule has 0 aromatic heterocycles. The van der Waals surface area contributed by atoms with Crippen molar-refractivity contribution in [1.82, 2.24) is 5.32 Å². The van der Waals surface area contributed by atoms with Crippen LogP contribution in [0.25, 0.3) is 0 Å². The number of nitrogens with zero attached hydrogens (tertiary/aromatic N) is 1. The molecule has 1 amide bonds. The molecule has 0 spiro atoms. The summed E-state index contributed by atoms with van der Waals surface area (Å²) in [6.45, 7) is 5.39. The number of carbonyl (C=O) groups is 1. The maximum Gasteiger partial charge on any atom is 0.217 e. The summed E-state index contributed by atoms with van der Waals surface area (Å²) in [5.74, 6) is 1.82. The van der Waals surface area contributed by atoms with Gasteiger partial charge < -0.3 is 19.7 Å². The molecule has 2 aliphatic rings. The van der Waals surface area contributed by atoms with Gasteiger partial charge in [0.15, 0.2) is 0 Å². The van der Waals surface area contributed by atoms with Crippen molar-refractivity contribution in [2.75, 3.05) is 18.0 Å². The quantitative estimate of drug-likeness (QED) is 0.753. The molecule has 154 valence electrons. The van der Waals surface area contributed by atoms with Crippen LogP contribution in [0, 0.1) is 0 Å². The summed E-state index contributed by atoms with van der Waals surface area (Å²) in [6.07, 6.45) is 5.25. The van der Waals surface area contributed by atoms with Crippen molar-refractivity contribution in [3.8, 4) is 11.5 Å². The number of hydrogen-bond acceptors (Lipinski definition) is 4. The number of ether oxygens (including phenoxy) is 2. The summed E-state index contributed by atoms with van der Waals surface area (Å²) < 4.78 is 12.1. The minimum Gasteiger partial charge on any atom is -0.490 e. The SMILES string of the molecule is CC(=O)NC(C)c1ccc(OC2CCN(c3ccc(OC4CCC4)cc3)C2)cc1. The van der Waals surface area contributed by atoms with Crippen molar-refractivity contribution in [3.05, 3.63) is 54.1 Å². The average Bonchev–Trinajstić information content (AvgIpc) is 3.14. The van der Waals surface area contributed by atoms with Gasteiger partial charge in [0.1, 0.15) is 17.6 Å². The van der Waals surface area contributed by atoms with E-state index in [1.54, 1.807) is 0 Å². The Bertz CT molecular complexity index is 815. The van der Waals surface area contributed by atoms with Crippen LogP contribution in [-0.4, -0.2) is 31.2 Å². The van der Waals surface area contributed by atoms with Crippen LogP contribution in [0.4, 0.5) is 5.69 Å². The molecule has 29 heavy (non-hydrogen) atoms. The Morgan fingerprint density at radius 2 is 1.59 bits per heavy atom. The van der Waals surface area contributed by atoms with Crippen molar-refractivity contribution >= 4 is 11.6 Å². The third kappa shape index (κ3) is 5.03. The van der Waals surface area contributed by atoms with E-state index in [0.717, 1.165) is 36.6 Å². The van der Waals surface area contributed by atoms with Crippen LogP contribution in [0.5, 0.6) is 11.5 Å². The molecule has 1 N–H and O–H groups in total. The zero-order valence-electron chi connectivity index (χ0n) is 17.3. The van der Waals surface area contributed by atoms with E-state index >= 15 is 0 Å². The van der Waals surface area contributed by atoms with Gasteiger partial charge in [-0.25, -0.2) is 0 Å². The molecule has 0 radical (unpaired) electrons. The Morgan fingerprint density at radius 3 is 2.17 bits per heavy atom. The average molecular weight is 395 g/mol. The monoisotopic (exact) mass is 394 g/mol. The molecule has 0 bridgehead atoms. The minimum absolute atomic E-state index is 0.000218. The van der Waals surface area contributed by atoms with Crippen molar-refractivity contribution in [3.63, 3.8) is 0 Å². The number of hydrogen-bond donors (Lipinski definition) is 1. The second-order valence-electron chi connectivity index (χ2n) is 8.13. The number of carbonyl (C=O) groups excluding carboxylic acids is 1. The normalized spacial score (nSPS) is 20.1. The molecule has 1 aliphatic carbocycles. The molecular weight excluding hydrogens is 364 g/mol. The van der Waals surface area contributed by atoms with E-state index in [-0.39, 0.29) is 18.1 Å². The third-order valence-corrected chi connectivity index (χ3v) is 5.80. The molecule has 1 heterocycles. The summed E-state index contributed by atoms with van der Waals surface area (Å²) in [6, 6.07) is 16.5. The van der Waals surface area contributed by atoms with E-state index in [0.29, 0.717) is 6.10 Å². The van der Waals surface area contributed by atoms with Gasteiger partial charge in [0.25, 0.3) is 0 Å². The molecule has 1 saturated carbocycles. The van der Waals surface area contributed by atoms with Gasteiger partial charge in [0.05, 0.1) is 18.7 Å². The first kappa shape index (κ1) is 19.6. The lowest BCUT2D eigenvalue weighted by Gasteiger charge is -2.26. The number of nitrogens with one attached hydrogen (secondary N) is 1. The van der Waals surface area contributed by atoms with Gasteiger partial charge in [-0.15, -0.1) is 0 Å². The Morgan fingerprint density at radius 1 is 0.966 bits per heavy atom. The molecule has 1 aliphatic heterocycles. The summed E-state index contributed by atoms with van der Waals surface area (Å²) in [4.78, 5) is 13.6. The first-order valence-corrected chi connectivity index (χ1v) is 10.6. The van der Waals surface area contributed by atoms with Crippen LogP contribution in [0.3, 0.4) is 0 Å². The summed E-state index contributed by atoms with van der Waals surface area (Å²) in [7, 11) is 0. The Hall–Kier alpha value is -2.69. The van der Waals surface area contributed by atoms with E-state index in [9.17, 15) is 4.79 Å². The van der Waals surface area contributed by atoms with E-state index < -0.39 is 0 Å². The molecule has 1 saturated heterocycles. The van der Waals surface area contributed by atoms with Gasteiger partial charge in [-0.3, -0.25) is 4.79 Å². The molecule has 2 aromatic carbocycles. The Labute approximate surface area is 173 Å². The molecule has 2 fully saturated rings. The zero-order chi connectivity index (χ0) is 20.2. The fraction of sp³-hybridized carbons (Fsp3) is 0.458.